The Morgan fingerprint density at radius 2 is 1.68 bits per heavy atom. The fourth-order valence-corrected chi connectivity index (χ4v) is 7.38. The quantitative estimate of drug-likeness (QED) is 0.554. The van der Waals surface area contributed by atoms with Crippen LogP contribution < -0.4 is 5.32 Å². The average Bonchev–Trinajstić information content (AvgIpc) is 3.20. The molecule has 2 saturated heterocycles. The Morgan fingerprint density at radius 1 is 1.00 bits per heavy atom. The van der Waals surface area contributed by atoms with Crippen molar-refractivity contribution in [3.8, 4) is 0 Å². The number of rotatable bonds is 4. The molecule has 4 rings (SSSR count). The van der Waals surface area contributed by atoms with Crippen LogP contribution in [0.1, 0.15) is 61.3 Å². The van der Waals surface area contributed by atoms with Crippen molar-refractivity contribution in [3.05, 3.63) is 58.7 Å². The van der Waals surface area contributed by atoms with Crippen LogP contribution in [0.25, 0.3) is 0 Å². The fourth-order valence-electron chi connectivity index (χ4n) is 5.37. The SMILES string of the molecule is Cc1ccc(C)c(S(=O)(=O)N2CCC3(CCN(C(=S)Nc4c(C)cccc4C(C)C)C3)CC2)c1. The van der Waals surface area contributed by atoms with E-state index in [1.165, 1.54) is 11.1 Å². The van der Waals surface area contributed by atoms with Crippen molar-refractivity contribution in [2.24, 2.45) is 5.41 Å². The van der Waals surface area contributed by atoms with E-state index in [0.717, 1.165) is 54.3 Å². The number of piperidine rings is 1. The van der Waals surface area contributed by atoms with Gasteiger partial charge < -0.3 is 10.2 Å². The molecule has 2 fully saturated rings. The van der Waals surface area contributed by atoms with Crippen molar-refractivity contribution in [2.45, 2.75) is 64.7 Å². The predicted octanol–water partition coefficient (Wildman–Crippen LogP) is 5.61. The first kappa shape index (κ1) is 25.1. The number of anilines is 1. The maximum Gasteiger partial charge on any atom is 0.243 e. The van der Waals surface area contributed by atoms with Gasteiger partial charge in [-0.2, -0.15) is 4.31 Å². The Bertz CT molecular complexity index is 1180. The lowest BCUT2D eigenvalue weighted by Crippen LogP contribution is -2.45. The van der Waals surface area contributed by atoms with Gasteiger partial charge in [0.25, 0.3) is 0 Å². The van der Waals surface area contributed by atoms with E-state index < -0.39 is 10.0 Å². The highest BCUT2D eigenvalue weighted by Gasteiger charge is 2.43. The Labute approximate surface area is 210 Å². The van der Waals surface area contributed by atoms with E-state index in [1.807, 2.05) is 26.0 Å². The summed E-state index contributed by atoms with van der Waals surface area (Å²) in [6, 6.07) is 12.0. The summed E-state index contributed by atoms with van der Waals surface area (Å²) in [5, 5.41) is 4.32. The van der Waals surface area contributed by atoms with E-state index in [2.05, 4.69) is 49.2 Å². The standard InChI is InChI=1S/C27H37N3O2S2/c1-19(2)23-8-6-7-22(5)25(23)28-26(33)29-14-11-27(18-29)12-15-30(16-13-27)34(31,32)24-17-20(3)9-10-21(24)4/h6-10,17,19H,11-16,18H2,1-5H3,(H,28,33). The molecule has 1 N–H and O–H groups in total. The van der Waals surface area contributed by atoms with Crippen LogP contribution in [0, 0.1) is 26.2 Å². The molecule has 0 aliphatic carbocycles. The maximum absolute atomic E-state index is 13.3. The number of hydrogen-bond acceptors (Lipinski definition) is 3. The van der Waals surface area contributed by atoms with Crippen LogP contribution in [0.3, 0.4) is 0 Å². The van der Waals surface area contributed by atoms with Crippen LogP contribution in [0.15, 0.2) is 41.3 Å². The van der Waals surface area contributed by atoms with E-state index in [-0.39, 0.29) is 5.41 Å². The normalized spacial score (nSPS) is 18.6. The molecule has 0 radical (unpaired) electrons. The molecular formula is C27H37N3O2S2. The topological polar surface area (TPSA) is 52.7 Å². The zero-order valence-electron chi connectivity index (χ0n) is 21.0. The third-order valence-corrected chi connectivity index (χ3v) is 10.0. The summed E-state index contributed by atoms with van der Waals surface area (Å²) in [6.07, 6.45) is 2.80. The molecule has 0 saturated carbocycles. The minimum absolute atomic E-state index is 0.131. The summed E-state index contributed by atoms with van der Waals surface area (Å²) < 4.78 is 28.4. The number of sulfonamides is 1. The second-order valence-electron chi connectivity index (χ2n) is 10.5. The largest absolute Gasteiger partial charge is 0.348 e. The summed E-state index contributed by atoms with van der Waals surface area (Å²) in [6.45, 7) is 13.3. The lowest BCUT2D eigenvalue weighted by atomic mass is 9.78. The third kappa shape index (κ3) is 4.88. The zero-order valence-corrected chi connectivity index (χ0v) is 22.7. The molecule has 0 unspecified atom stereocenters. The summed E-state index contributed by atoms with van der Waals surface area (Å²) in [5.41, 5.74) is 5.52. The van der Waals surface area contributed by atoms with Gasteiger partial charge in [-0.25, -0.2) is 8.42 Å². The number of hydrogen-bond donors (Lipinski definition) is 1. The van der Waals surface area contributed by atoms with E-state index >= 15 is 0 Å². The van der Waals surface area contributed by atoms with Crippen molar-refractivity contribution in [1.29, 1.82) is 0 Å². The van der Waals surface area contributed by atoms with Gasteiger partial charge in [0.15, 0.2) is 5.11 Å². The Hall–Kier alpha value is -1.96. The maximum atomic E-state index is 13.3. The first-order chi connectivity index (χ1) is 16.0. The fraction of sp³-hybridized carbons (Fsp3) is 0.519. The molecule has 0 bridgehead atoms. The average molecular weight is 500 g/mol. The van der Waals surface area contributed by atoms with E-state index in [1.54, 1.807) is 10.4 Å². The van der Waals surface area contributed by atoms with E-state index in [0.29, 0.717) is 23.9 Å². The molecule has 184 valence electrons. The predicted molar refractivity (Wildman–Crippen MR) is 144 cm³/mol. The van der Waals surface area contributed by atoms with Gasteiger partial charge in [0.05, 0.1) is 4.90 Å². The smallest absolute Gasteiger partial charge is 0.243 e. The summed E-state index contributed by atoms with van der Waals surface area (Å²) in [5.74, 6) is 0.415. The molecule has 5 nitrogen and oxygen atoms in total. The van der Waals surface area contributed by atoms with Crippen molar-refractivity contribution < 1.29 is 8.42 Å². The molecule has 0 aromatic heterocycles. The monoisotopic (exact) mass is 499 g/mol. The van der Waals surface area contributed by atoms with Gasteiger partial charge in [0, 0.05) is 31.9 Å². The number of nitrogens with one attached hydrogen (secondary N) is 1. The van der Waals surface area contributed by atoms with Crippen LogP contribution in [-0.4, -0.2) is 48.9 Å². The second-order valence-corrected chi connectivity index (χ2v) is 12.8. The summed E-state index contributed by atoms with van der Waals surface area (Å²) in [4.78, 5) is 2.72. The van der Waals surface area contributed by atoms with Crippen molar-refractivity contribution in [3.63, 3.8) is 0 Å². The minimum atomic E-state index is -3.47. The van der Waals surface area contributed by atoms with Gasteiger partial charge in [-0.15, -0.1) is 0 Å². The lowest BCUT2D eigenvalue weighted by molar-refractivity contribution is 0.167. The third-order valence-electron chi connectivity index (χ3n) is 7.63. The number of aryl methyl sites for hydroxylation is 3. The van der Waals surface area contributed by atoms with Crippen LogP contribution in [-0.2, 0) is 10.0 Å². The molecular weight excluding hydrogens is 462 g/mol. The van der Waals surface area contributed by atoms with Gasteiger partial charge in [-0.1, -0.05) is 44.2 Å². The Balaban J connectivity index is 1.42. The number of nitrogens with zero attached hydrogens (tertiary/aromatic N) is 2. The first-order valence-corrected chi connectivity index (χ1v) is 14.1. The molecule has 2 aliphatic heterocycles. The summed E-state index contributed by atoms with van der Waals surface area (Å²) >= 11 is 5.84. The number of para-hydroxylation sites is 1. The molecule has 2 aromatic rings. The van der Waals surface area contributed by atoms with Crippen LogP contribution in [0.2, 0.25) is 0 Å². The highest BCUT2D eigenvalue weighted by molar-refractivity contribution is 7.89. The molecule has 2 heterocycles. The van der Waals surface area contributed by atoms with Crippen molar-refractivity contribution in [2.75, 3.05) is 31.5 Å². The molecule has 0 atom stereocenters. The first-order valence-electron chi connectivity index (χ1n) is 12.3. The molecule has 2 aromatic carbocycles. The van der Waals surface area contributed by atoms with Crippen LogP contribution in [0.4, 0.5) is 5.69 Å². The minimum Gasteiger partial charge on any atom is -0.348 e. The Kier molecular flexibility index (Phi) is 7.09. The second kappa shape index (κ2) is 9.59. The molecule has 1 spiro atoms. The lowest BCUT2D eigenvalue weighted by Gasteiger charge is -2.39. The van der Waals surface area contributed by atoms with E-state index in [4.69, 9.17) is 12.2 Å². The van der Waals surface area contributed by atoms with Crippen LogP contribution >= 0.6 is 12.2 Å². The number of thiocarbonyl (C=S) groups is 1. The molecule has 7 heteroatoms. The molecule has 0 amide bonds. The number of likely N-dealkylation sites (tertiary alicyclic amines) is 1. The van der Waals surface area contributed by atoms with Crippen molar-refractivity contribution in [1.82, 2.24) is 9.21 Å². The van der Waals surface area contributed by atoms with Gasteiger partial charge in [-0.05, 0) is 91.9 Å². The van der Waals surface area contributed by atoms with Gasteiger partial charge >= 0.3 is 0 Å². The van der Waals surface area contributed by atoms with Crippen LogP contribution in [0.5, 0.6) is 0 Å². The van der Waals surface area contributed by atoms with Crippen molar-refractivity contribution >= 4 is 33.0 Å². The highest BCUT2D eigenvalue weighted by Crippen LogP contribution is 2.42. The highest BCUT2D eigenvalue weighted by atomic mass is 32.2. The Morgan fingerprint density at radius 3 is 2.35 bits per heavy atom. The number of benzene rings is 2. The summed E-state index contributed by atoms with van der Waals surface area (Å²) in [7, 11) is -3.47. The molecule has 2 aliphatic rings. The van der Waals surface area contributed by atoms with Gasteiger partial charge in [0.1, 0.15) is 0 Å². The zero-order chi connectivity index (χ0) is 24.7. The van der Waals surface area contributed by atoms with Gasteiger partial charge in [0.2, 0.25) is 10.0 Å². The van der Waals surface area contributed by atoms with Gasteiger partial charge in [-0.3, -0.25) is 0 Å². The van der Waals surface area contributed by atoms with E-state index in [9.17, 15) is 8.42 Å². The molecule has 34 heavy (non-hydrogen) atoms.